The molecule has 1 atom stereocenters. The number of nitrogens with two attached hydrogens (primary N) is 1. The van der Waals surface area contributed by atoms with Crippen LogP contribution in [0.3, 0.4) is 0 Å². The van der Waals surface area contributed by atoms with Crippen molar-refractivity contribution in [1.82, 2.24) is 10.2 Å². The van der Waals surface area contributed by atoms with Gasteiger partial charge in [0.15, 0.2) is 0 Å². The summed E-state index contributed by atoms with van der Waals surface area (Å²) in [5.74, 6) is 5.70. The average Bonchev–Trinajstić information content (AvgIpc) is 3.24. The highest BCUT2D eigenvalue weighted by Gasteiger charge is 2.26. The monoisotopic (exact) mass is 425 g/mol. The van der Waals surface area contributed by atoms with Crippen molar-refractivity contribution >= 4 is 23.4 Å². The van der Waals surface area contributed by atoms with Crippen molar-refractivity contribution in [2.75, 3.05) is 50.2 Å². The van der Waals surface area contributed by atoms with Gasteiger partial charge in [0, 0.05) is 30.8 Å². The molecule has 1 fully saturated rings. The van der Waals surface area contributed by atoms with Crippen LogP contribution in [0.4, 0.5) is 16.2 Å². The van der Waals surface area contributed by atoms with E-state index in [2.05, 4.69) is 15.1 Å². The number of nitrogens with zero attached hydrogens (tertiary/aromatic N) is 3. The third-order valence-electron chi connectivity index (χ3n) is 5.20. The molecule has 0 bridgehead atoms. The van der Waals surface area contributed by atoms with E-state index >= 15 is 0 Å². The zero-order valence-electron chi connectivity index (χ0n) is 18.2. The van der Waals surface area contributed by atoms with Crippen LogP contribution in [-0.4, -0.2) is 63.3 Å². The third kappa shape index (κ3) is 6.44. The summed E-state index contributed by atoms with van der Waals surface area (Å²) in [6, 6.07) is 16.5. The van der Waals surface area contributed by atoms with Gasteiger partial charge in [-0.15, -0.1) is 0 Å². The summed E-state index contributed by atoms with van der Waals surface area (Å²) < 4.78 is 5.53. The lowest BCUT2D eigenvalue weighted by molar-refractivity contribution is 0.0986. The standard InChI is InChI=1S/C23H31N5O3/c1-26(2)15-6-14-25-23(30)31-21-13-16-27(17-21)19-11-9-18(10-12-19)22(29)28(24)20-7-4-3-5-8-20/h3-5,7-12,21H,6,13-17,24H2,1-2H3,(H,25,30). The number of para-hydroxylation sites is 1. The maximum atomic E-state index is 12.6. The molecule has 0 radical (unpaired) electrons. The van der Waals surface area contributed by atoms with E-state index in [0.29, 0.717) is 24.3 Å². The largest absolute Gasteiger partial charge is 0.444 e. The van der Waals surface area contributed by atoms with Crippen molar-refractivity contribution in [3.05, 3.63) is 60.2 Å². The summed E-state index contributed by atoms with van der Waals surface area (Å²) in [5.41, 5.74) is 2.13. The molecule has 1 heterocycles. The molecule has 8 heteroatoms. The minimum atomic E-state index is -0.365. The third-order valence-corrected chi connectivity index (χ3v) is 5.20. The van der Waals surface area contributed by atoms with E-state index in [9.17, 15) is 9.59 Å². The summed E-state index contributed by atoms with van der Waals surface area (Å²) in [4.78, 5) is 28.8. The second kappa shape index (κ2) is 10.8. The first-order valence-corrected chi connectivity index (χ1v) is 10.5. The van der Waals surface area contributed by atoms with Crippen LogP contribution in [0.2, 0.25) is 0 Å². The number of hydrogen-bond acceptors (Lipinski definition) is 6. The van der Waals surface area contributed by atoms with Gasteiger partial charge in [0.05, 0.1) is 12.2 Å². The van der Waals surface area contributed by atoms with E-state index < -0.39 is 0 Å². The lowest BCUT2D eigenvalue weighted by atomic mass is 10.1. The highest BCUT2D eigenvalue weighted by Crippen LogP contribution is 2.23. The van der Waals surface area contributed by atoms with E-state index in [-0.39, 0.29) is 18.1 Å². The first-order chi connectivity index (χ1) is 14.9. The van der Waals surface area contributed by atoms with Gasteiger partial charge in [-0.3, -0.25) is 4.79 Å². The summed E-state index contributed by atoms with van der Waals surface area (Å²) >= 11 is 0. The lowest BCUT2D eigenvalue weighted by Crippen LogP contribution is -2.37. The van der Waals surface area contributed by atoms with Crippen LogP contribution in [0.15, 0.2) is 54.6 Å². The Kier molecular flexibility index (Phi) is 7.86. The Balaban J connectivity index is 1.48. The Labute approximate surface area is 183 Å². The molecule has 0 saturated carbocycles. The number of amides is 2. The predicted molar refractivity (Wildman–Crippen MR) is 122 cm³/mol. The van der Waals surface area contributed by atoms with Crippen LogP contribution in [-0.2, 0) is 4.74 Å². The van der Waals surface area contributed by atoms with Crippen LogP contribution in [0.1, 0.15) is 23.2 Å². The Morgan fingerprint density at radius 1 is 1.13 bits per heavy atom. The second-order valence-corrected chi connectivity index (χ2v) is 7.90. The molecule has 1 aliphatic heterocycles. The van der Waals surface area contributed by atoms with Crippen LogP contribution in [0.5, 0.6) is 0 Å². The zero-order valence-corrected chi connectivity index (χ0v) is 18.2. The Bertz CT molecular complexity index is 857. The zero-order chi connectivity index (χ0) is 22.2. The van der Waals surface area contributed by atoms with E-state index in [1.54, 1.807) is 24.3 Å². The molecule has 0 aliphatic carbocycles. The van der Waals surface area contributed by atoms with Gasteiger partial charge in [-0.2, -0.15) is 0 Å². The minimum absolute atomic E-state index is 0.146. The fourth-order valence-electron chi connectivity index (χ4n) is 3.50. The van der Waals surface area contributed by atoms with E-state index in [0.717, 1.165) is 36.6 Å². The number of alkyl carbamates (subject to hydrolysis) is 1. The van der Waals surface area contributed by atoms with Crippen LogP contribution >= 0.6 is 0 Å². The van der Waals surface area contributed by atoms with Crippen LogP contribution < -0.4 is 21.1 Å². The fraction of sp³-hybridized carbons (Fsp3) is 0.391. The Morgan fingerprint density at radius 2 is 1.84 bits per heavy atom. The molecule has 31 heavy (non-hydrogen) atoms. The van der Waals surface area contributed by atoms with Crippen LogP contribution in [0, 0.1) is 0 Å². The lowest BCUT2D eigenvalue weighted by Gasteiger charge is -2.20. The second-order valence-electron chi connectivity index (χ2n) is 7.90. The van der Waals surface area contributed by atoms with Gasteiger partial charge in [0.2, 0.25) is 0 Å². The van der Waals surface area contributed by atoms with Crippen molar-refractivity contribution in [3.8, 4) is 0 Å². The molecule has 0 spiro atoms. The number of anilines is 2. The highest BCUT2D eigenvalue weighted by molar-refractivity contribution is 6.05. The summed E-state index contributed by atoms with van der Waals surface area (Å²) in [5, 5.41) is 3.95. The van der Waals surface area contributed by atoms with Gasteiger partial charge in [0.1, 0.15) is 6.10 Å². The normalized spacial score (nSPS) is 15.7. The van der Waals surface area contributed by atoms with Crippen molar-refractivity contribution < 1.29 is 14.3 Å². The predicted octanol–water partition coefficient (Wildman–Crippen LogP) is 2.46. The number of hydrogen-bond donors (Lipinski definition) is 2. The number of carbonyl (C=O) groups is 2. The summed E-state index contributed by atoms with van der Waals surface area (Å²) in [6.45, 7) is 2.94. The molecular formula is C23H31N5O3. The number of rotatable bonds is 8. The van der Waals surface area contributed by atoms with Gasteiger partial charge >= 0.3 is 6.09 Å². The molecule has 0 aromatic heterocycles. The number of nitrogens with one attached hydrogen (secondary N) is 1. The van der Waals surface area contributed by atoms with Gasteiger partial charge < -0.3 is 19.9 Å². The number of hydrazine groups is 1. The SMILES string of the molecule is CN(C)CCCNC(=O)OC1CCN(c2ccc(C(=O)N(N)c3ccccc3)cc2)C1. The van der Waals surface area contributed by atoms with E-state index in [4.69, 9.17) is 10.6 Å². The van der Waals surface area contributed by atoms with Crippen molar-refractivity contribution in [3.63, 3.8) is 0 Å². The molecule has 2 aromatic carbocycles. The molecule has 3 N–H and O–H groups in total. The Morgan fingerprint density at radius 3 is 2.52 bits per heavy atom. The van der Waals surface area contributed by atoms with Crippen molar-refractivity contribution in [1.29, 1.82) is 0 Å². The topological polar surface area (TPSA) is 91.1 Å². The molecule has 8 nitrogen and oxygen atoms in total. The quantitative estimate of drug-likeness (QED) is 0.292. The maximum Gasteiger partial charge on any atom is 0.407 e. The molecule has 2 amide bonds. The molecule has 2 aromatic rings. The van der Waals surface area contributed by atoms with Crippen molar-refractivity contribution in [2.45, 2.75) is 18.9 Å². The van der Waals surface area contributed by atoms with Gasteiger partial charge in [-0.1, -0.05) is 18.2 Å². The average molecular weight is 426 g/mol. The van der Waals surface area contributed by atoms with Crippen molar-refractivity contribution in [2.24, 2.45) is 5.84 Å². The van der Waals surface area contributed by atoms with E-state index in [1.807, 2.05) is 44.4 Å². The maximum absolute atomic E-state index is 12.6. The van der Waals surface area contributed by atoms with E-state index in [1.165, 1.54) is 0 Å². The first-order valence-electron chi connectivity index (χ1n) is 10.5. The smallest absolute Gasteiger partial charge is 0.407 e. The first kappa shape index (κ1) is 22.6. The van der Waals surface area contributed by atoms with Gasteiger partial charge in [0.25, 0.3) is 5.91 Å². The summed E-state index contributed by atoms with van der Waals surface area (Å²) in [7, 11) is 4.01. The molecular weight excluding hydrogens is 394 g/mol. The van der Waals surface area contributed by atoms with Crippen LogP contribution in [0.25, 0.3) is 0 Å². The molecule has 1 unspecified atom stereocenters. The molecule has 3 rings (SSSR count). The minimum Gasteiger partial charge on any atom is -0.444 e. The highest BCUT2D eigenvalue weighted by atomic mass is 16.6. The molecule has 1 saturated heterocycles. The summed E-state index contributed by atoms with van der Waals surface area (Å²) in [6.07, 6.45) is 1.15. The Hall–Kier alpha value is -3.10. The molecule has 1 aliphatic rings. The molecule has 166 valence electrons. The van der Waals surface area contributed by atoms with Gasteiger partial charge in [-0.05, 0) is 63.5 Å². The van der Waals surface area contributed by atoms with Gasteiger partial charge in [-0.25, -0.2) is 15.6 Å². The number of carbonyl (C=O) groups excluding carboxylic acids is 2. The number of ether oxygens (including phenoxy) is 1. The fourth-order valence-corrected chi connectivity index (χ4v) is 3.50. The number of benzene rings is 2.